The van der Waals surface area contributed by atoms with Gasteiger partial charge in [0.25, 0.3) is 5.69 Å². The van der Waals surface area contributed by atoms with Crippen LogP contribution in [0.25, 0.3) is 11.3 Å². The maximum Gasteiger partial charge on any atom is 0.269 e. The molecule has 1 amide bonds. The van der Waals surface area contributed by atoms with Gasteiger partial charge in [-0.3, -0.25) is 24.6 Å². The Kier molecular flexibility index (Phi) is 5.31. The number of carbonyl (C=O) groups is 2. The van der Waals surface area contributed by atoms with E-state index in [4.69, 9.17) is 4.42 Å². The lowest BCUT2D eigenvalue weighted by Gasteiger charge is -2.35. The average Bonchev–Trinajstić information content (AvgIpc) is 3.22. The van der Waals surface area contributed by atoms with Gasteiger partial charge in [0.2, 0.25) is 5.91 Å². The Hall–Kier alpha value is -4.20. The first kappa shape index (κ1) is 22.6. The molecule has 0 radical (unpaired) electrons. The molecule has 3 aromatic rings. The Morgan fingerprint density at radius 1 is 1.09 bits per heavy atom. The van der Waals surface area contributed by atoms with Gasteiger partial charge in [-0.05, 0) is 48.2 Å². The zero-order valence-electron chi connectivity index (χ0n) is 19.7. The van der Waals surface area contributed by atoms with Crippen LogP contribution in [0.15, 0.2) is 76.4 Å². The number of benzene rings is 2. The van der Waals surface area contributed by atoms with Gasteiger partial charge in [-0.2, -0.15) is 0 Å². The van der Waals surface area contributed by atoms with Crippen LogP contribution in [0.1, 0.15) is 45.4 Å². The van der Waals surface area contributed by atoms with Crippen LogP contribution in [0.2, 0.25) is 0 Å². The molecule has 1 aliphatic heterocycles. The number of anilines is 2. The van der Waals surface area contributed by atoms with E-state index in [9.17, 15) is 19.7 Å². The second-order valence-electron chi connectivity index (χ2n) is 9.77. The maximum atomic E-state index is 13.5. The van der Waals surface area contributed by atoms with Crippen molar-refractivity contribution in [2.24, 2.45) is 5.41 Å². The van der Waals surface area contributed by atoms with Gasteiger partial charge in [0.05, 0.1) is 16.3 Å². The van der Waals surface area contributed by atoms with Crippen LogP contribution in [0.4, 0.5) is 17.1 Å². The molecule has 0 saturated carbocycles. The number of para-hydroxylation sites is 2. The second-order valence-corrected chi connectivity index (χ2v) is 9.77. The molecule has 2 heterocycles. The molecule has 0 unspecified atom stereocenters. The van der Waals surface area contributed by atoms with Crippen molar-refractivity contribution in [1.82, 2.24) is 0 Å². The topological polar surface area (TPSA) is 106 Å². The van der Waals surface area contributed by atoms with Crippen molar-refractivity contribution < 1.29 is 18.9 Å². The lowest BCUT2D eigenvalue weighted by molar-refractivity contribution is -0.384. The fourth-order valence-corrected chi connectivity index (χ4v) is 5.01. The number of nitrogens with one attached hydrogen (secondary N) is 1. The van der Waals surface area contributed by atoms with Crippen LogP contribution in [0, 0.1) is 15.5 Å². The molecule has 0 spiro atoms. The first-order valence-corrected chi connectivity index (χ1v) is 11.4. The van der Waals surface area contributed by atoms with Crippen molar-refractivity contribution in [2.45, 2.75) is 39.7 Å². The normalized spacial score (nSPS) is 18.9. The third kappa shape index (κ3) is 4.01. The Labute approximate surface area is 202 Å². The number of nitro groups is 1. The van der Waals surface area contributed by atoms with E-state index in [0.717, 1.165) is 11.4 Å². The molecule has 5 rings (SSSR count). The molecular weight excluding hydrogens is 446 g/mol. The fraction of sp³-hybridized carbons (Fsp3) is 0.259. The quantitative estimate of drug-likeness (QED) is 0.370. The van der Waals surface area contributed by atoms with E-state index >= 15 is 0 Å². The van der Waals surface area contributed by atoms with Crippen molar-refractivity contribution >= 4 is 28.8 Å². The van der Waals surface area contributed by atoms with Crippen molar-refractivity contribution in [3.05, 3.63) is 87.8 Å². The number of carbonyl (C=O) groups excluding carboxylic acids is 2. The van der Waals surface area contributed by atoms with Crippen molar-refractivity contribution in [3.8, 4) is 11.3 Å². The van der Waals surface area contributed by atoms with Gasteiger partial charge in [-0.15, -0.1) is 0 Å². The number of Topliss-reactive ketones (excluding diaryl/α,β-unsaturated/α-hetero) is 1. The highest BCUT2D eigenvalue weighted by molar-refractivity contribution is 6.05. The number of hydrogen-bond acceptors (Lipinski definition) is 6. The minimum absolute atomic E-state index is 0.0139. The summed E-state index contributed by atoms with van der Waals surface area (Å²) in [7, 11) is 0. The lowest BCUT2D eigenvalue weighted by atomic mass is 9.74. The first-order chi connectivity index (χ1) is 16.6. The minimum atomic E-state index is -0.742. The third-order valence-corrected chi connectivity index (χ3v) is 6.50. The Morgan fingerprint density at radius 3 is 2.49 bits per heavy atom. The number of amides is 1. The number of nitro benzene ring substituents is 1. The standard InChI is InChI=1S/C27H25N3O5/c1-16(31)29-21-7-5-4-6-19(21)28-20-14-27(2,3)15-22(32)25(20)26(29)24-13-12-23(35-24)17-8-10-18(11-9-17)30(33)34/h4-13,26,28H,14-15H2,1-3H3/t26-/m0/s1. The molecule has 178 valence electrons. The molecule has 1 aromatic heterocycles. The summed E-state index contributed by atoms with van der Waals surface area (Å²) in [5, 5.41) is 14.5. The predicted molar refractivity (Wildman–Crippen MR) is 132 cm³/mol. The van der Waals surface area contributed by atoms with E-state index < -0.39 is 11.0 Å². The second kappa shape index (κ2) is 8.23. The monoisotopic (exact) mass is 471 g/mol. The molecule has 2 aromatic carbocycles. The summed E-state index contributed by atoms with van der Waals surface area (Å²) in [4.78, 5) is 38.7. The summed E-state index contributed by atoms with van der Waals surface area (Å²) >= 11 is 0. The average molecular weight is 472 g/mol. The summed E-state index contributed by atoms with van der Waals surface area (Å²) in [5.41, 5.74) is 3.17. The maximum absolute atomic E-state index is 13.5. The minimum Gasteiger partial charge on any atom is -0.459 e. The molecule has 8 nitrogen and oxygen atoms in total. The third-order valence-electron chi connectivity index (χ3n) is 6.50. The molecule has 1 atom stereocenters. The highest BCUT2D eigenvalue weighted by Crippen LogP contribution is 2.48. The summed E-state index contributed by atoms with van der Waals surface area (Å²) in [5.74, 6) is 0.701. The highest BCUT2D eigenvalue weighted by Gasteiger charge is 2.43. The fourth-order valence-electron chi connectivity index (χ4n) is 5.01. The first-order valence-electron chi connectivity index (χ1n) is 11.4. The number of non-ortho nitro benzene ring substituents is 1. The van der Waals surface area contributed by atoms with E-state index in [0.29, 0.717) is 41.2 Å². The van der Waals surface area contributed by atoms with E-state index in [1.54, 1.807) is 29.2 Å². The largest absolute Gasteiger partial charge is 0.459 e. The number of allylic oxidation sites excluding steroid dienone is 1. The molecule has 1 N–H and O–H groups in total. The van der Waals surface area contributed by atoms with Crippen LogP contribution in [0.5, 0.6) is 0 Å². The SMILES string of the molecule is CC(=O)N1c2ccccc2NC2=C(C(=O)CC(C)(C)C2)[C@@H]1c1ccc(-c2ccc([N+](=O)[O-])cc2)o1. The van der Waals surface area contributed by atoms with E-state index in [1.807, 2.05) is 24.3 Å². The number of furan rings is 1. The van der Waals surface area contributed by atoms with Gasteiger partial charge in [0, 0.05) is 42.3 Å². The number of rotatable bonds is 3. The summed E-state index contributed by atoms with van der Waals surface area (Å²) in [6.07, 6.45) is 1.02. The lowest BCUT2D eigenvalue weighted by Crippen LogP contribution is -2.38. The van der Waals surface area contributed by atoms with E-state index in [2.05, 4.69) is 19.2 Å². The number of ketones is 1. The van der Waals surface area contributed by atoms with Crippen LogP contribution in [-0.4, -0.2) is 16.6 Å². The van der Waals surface area contributed by atoms with Gasteiger partial charge < -0.3 is 9.73 Å². The smallest absolute Gasteiger partial charge is 0.269 e. The zero-order chi connectivity index (χ0) is 24.9. The van der Waals surface area contributed by atoms with Crippen LogP contribution in [-0.2, 0) is 9.59 Å². The molecule has 1 aliphatic carbocycles. The molecule has 0 bridgehead atoms. The molecule has 2 aliphatic rings. The number of fused-ring (bicyclic) bond motifs is 1. The zero-order valence-corrected chi connectivity index (χ0v) is 19.7. The van der Waals surface area contributed by atoms with Crippen LogP contribution >= 0.6 is 0 Å². The van der Waals surface area contributed by atoms with Gasteiger partial charge in [-0.1, -0.05) is 26.0 Å². The highest BCUT2D eigenvalue weighted by atomic mass is 16.6. The summed E-state index contributed by atoms with van der Waals surface area (Å²) in [6.45, 7) is 5.60. The van der Waals surface area contributed by atoms with Crippen molar-refractivity contribution in [1.29, 1.82) is 0 Å². The molecule has 0 saturated heterocycles. The van der Waals surface area contributed by atoms with Gasteiger partial charge in [-0.25, -0.2) is 0 Å². The van der Waals surface area contributed by atoms with Crippen molar-refractivity contribution in [3.63, 3.8) is 0 Å². The van der Waals surface area contributed by atoms with Gasteiger partial charge in [0.1, 0.15) is 17.6 Å². The van der Waals surface area contributed by atoms with Crippen molar-refractivity contribution in [2.75, 3.05) is 10.2 Å². The molecule has 0 fully saturated rings. The van der Waals surface area contributed by atoms with E-state index in [-0.39, 0.29) is 22.8 Å². The Bertz CT molecular complexity index is 1380. The van der Waals surface area contributed by atoms with Gasteiger partial charge in [0.15, 0.2) is 5.78 Å². The van der Waals surface area contributed by atoms with Crippen LogP contribution < -0.4 is 10.2 Å². The molecule has 8 heteroatoms. The molecular formula is C27H25N3O5. The van der Waals surface area contributed by atoms with Crippen LogP contribution in [0.3, 0.4) is 0 Å². The Morgan fingerprint density at radius 2 is 1.80 bits per heavy atom. The predicted octanol–water partition coefficient (Wildman–Crippen LogP) is 6.02. The molecule has 35 heavy (non-hydrogen) atoms. The summed E-state index contributed by atoms with van der Waals surface area (Å²) in [6, 6.07) is 16.3. The summed E-state index contributed by atoms with van der Waals surface area (Å²) < 4.78 is 6.23. The van der Waals surface area contributed by atoms with E-state index in [1.165, 1.54) is 19.1 Å². The Balaban J connectivity index is 1.67. The number of nitrogens with zero attached hydrogens (tertiary/aromatic N) is 2. The van der Waals surface area contributed by atoms with Gasteiger partial charge >= 0.3 is 0 Å². The number of hydrogen-bond donors (Lipinski definition) is 1.